The Kier molecular flexibility index (Phi) is 11.2. The SMILES string of the molecule is CN=C(NCC1(NC(C)c2ccccc2)CCOCC1)NC1CCN(CC(N)=O)CC1.I. The van der Waals surface area contributed by atoms with Gasteiger partial charge in [-0.05, 0) is 38.2 Å². The first kappa shape index (κ1) is 26.8. The van der Waals surface area contributed by atoms with Gasteiger partial charge < -0.3 is 26.4 Å². The third kappa shape index (κ3) is 8.17. The quantitative estimate of drug-likeness (QED) is 0.220. The van der Waals surface area contributed by atoms with Crippen LogP contribution in [0, 0.1) is 0 Å². The highest BCUT2D eigenvalue weighted by Crippen LogP contribution is 2.25. The average molecular weight is 559 g/mol. The van der Waals surface area contributed by atoms with Crippen LogP contribution in [0.1, 0.15) is 44.2 Å². The van der Waals surface area contributed by atoms with Crippen molar-refractivity contribution in [3.8, 4) is 0 Å². The summed E-state index contributed by atoms with van der Waals surface area (Å²) in [6.07, 6.45) is 3.85. The normalized spacial score (nSPS) is 20.8. The first-order valence-electron chi connectivity index (χ1n) is 11.4. The van der Waals surface area contributed by atoms with Crippen LogP contribution < -0.4 is 21.7 Å². The van der Waals surface area contributed by atoms with Gasteiger partial charge >= 0.3 is 0 Å². The highest BCUT2D eigenvalue weighted by molar-refractivity contribution is 14.0. The number of ether oxygens (including phenoxy) is 1. The van der Waals surface area contributed by atoms with E-state index in [1.807, 2.05) is 7.05 Å². The summed E-state index contributed by atoms with van der Waals surface area (Å²) in [6, 6.07) is 11.2. The van der Waals surface area contributed by atoms with E-state index in [4.69, 9.17) is 10.5 Å². The second-order valence-electron chi connectivity index (χ2n) is 8.76. The number of primary amides is 1. The molecule has 5 N–H and O–H groups in total. The number of guanidine groups is 1. The van der Waals surface area contributed by atoms with Crippen LogP contribution >= 0.6 is 24.0 Å². The molecule has 2 saturated heterocycles. The lowest BCUT2D eigenvalue weighted by molar-refractivity contribution is -0.119. The van der Waals surface area contributed by atoms with Gasteiger partial charge in [0.2, 0.25) is 5.91 Å². The first-order chi connectivity index (χ1) is 15.0. The number of halogens is 1. The van der Waals surface area contributed by atoms with Crippen molar-refractivity contribution in [2.75, 3.05) is 46.4 Å². The molecule has 0 radical (unpaired) electrons. The topological polar surface area (TPSA) is 104 Å². The standard InChI is InChI=1S/C23H38N6O2.HI/c1-18(19-6-4-3-5-7-19)28-23(10-14-31-15-11-23)17-26-22(25-2)27-20-8-12-29(13-9-20)16-21(24)30;/h3-7,18,20,28H,8-17H2,1-2H3,(H2,24,30)(H2,25,26,27);1H. The zero-order valence-electron chi connectivity index (χ0n) is 19.3. The average Bonchev–Trinajstić information content (AvgIpc) is 2.78. The first-order valence-corrected chi connectivity index (χ1v) is 11.4. The zero-order valence-corrected chi connectivity index (χ0v) is 21.6. The molecule has 2 aliphatic heterocycles. The van der Waals surface area contributed by atoms with Crippen LogP contribution in [0.15, 0.2) is 35.3 Å². The molecule has 0 bridgehead atoms. The van der Waals surface area contributed by atoms with E-state index in [2.05, 4.69) is 63.1 Å². The number of nitrogens with one attached hydrogen (secondary N) is 3. The highest BCUT2D eigenvalue weighted by Gasteiger charge is 2.34. The monoisotopic (exact) mass is 558 g/mol. The Balaban J connectivity index is 0.00000363. The summed E-state index contributed by atoms with van der Waals surface area (Å²) in [6.45, 7) is 6.62. The number of carbonyl (C=O) groups excluding carboxylic acids is 1. The predicted molar refractivity (Wildman–Crippen MR) is 139 cm³/mol. The van der Waals surface area contributed by atoms with Crippen LogP contribution in [0.5, 0.6) is 0 Å². The fraction of sp³-hybridized carbons (Fsp3) is 0.652. The minimum atomic E-state index is -0.261. The molecule has 32 heavy (non-hydrogen) atoms. The zero-order chi connectivity index (χ0) is 22.1. The Bertz CT molecular complexity index is 718. The van der Waals surface area contributed by atoms with Crippen molar-refractivity contribution in [2.24, 2.45) is 10.7 Å². The number of amides is 1. The summed E-state index contributed by atoms with van der Waals surface area (Å²) < 4.78 is 5.65. The lowest BCUT2D eigenvalue weighted by atomic mass is 9.88. The Morgan fingerprint density at radius 3 is 2.50 bits per heavy atom. The Labute approximate surface area is 209 Å². The van der Waals surface area contributed by atoms with E-state index in [1.165, 1.54) is 5.56 Å². The number of likely N-dealkylation sites (tertiary alicyclic amines) is 1. The maximum atomic E-state index is 11.1. The van der Waals surface area contributed by atoms with Gasteiger partial charge in [0.1, 0.15) is 0 Å². The molecule has 0 aromatic heterocycles. The summed E-state index contributed by atoms with van der Waals surface area (Å²) in [7, 11) is 1.81. The van der Waals surface area contributed by atoms with Gasteiger partial charge in [-0.3, -0.25) is 14.7 Å². The summed E-state index contributed by atoms with van der Waals surface area (Å²) in [5, 5.41) is 11.0. The van der Waals surface area contributed by atoms with Gasteiger partial charge in [-0.25, -0.2) is 0 Å². The molecule has 0 aliphatic carbocycles. The number of nitrogens with zero attached hydrogens (tertiary/aromatic N) is 2. The fourth-order valence-corrected chi connectivity index (χ4v) is 4.52. The van der Waals surface area contributed by atoms with Gasteiger partial charge in [0.15, 0.2) is 5.96 Å². The lowest BCUT2D eigenvalue weighted by Crippen LogP contribution is -2.59. The summed E-state index contributed by atoms with van der Waals surface area (Å²) in [4.78, 5) is 17.7. The number of rotatable bonds is 8. The minimum Gasteiger partial charge on any atom is -0.381 e. The van der Waals surface area contributed by atoms with Crippen LogP contribution in [0.3, 0.4) is 0 Å². The number of carbonyl (C=O) groups is 1. The molecule has 2 heterocycles. The van der Waals surface area contributed by atoms with E-state index in [0.717, 1.165) is 64.5 Å². The number of hydrogen-bond acceptors (Lipinski definition) is 5. The second-order valence-corrected chi connectivity index (χ2v) is 8.76. The summed E-state index contributed by atoms with van der Waals surface area (Å²) in [5.41, 5.74) is 6.56. The van der Waals surface area contributed by atoms with Crippen molar-refractivity contribution in [2.45, 2.75) is 50.2 Å². The van der Waals surface area contributed by atoms with Crippen molar-refractivity contribution >= 4 is 35.8 Å². The molecule has 8 nitrogen and oxygen atoms in total. The van der Waals surface area contributed by atoms with Gasteiger partial charge in [-0.15, -0.1) is 24.0 Å². The summed E-state index contributed by atoms with van der Waals surface area (Å²) in [5.74, 6) is 0.566. The van der Waals surface area contributed by atoms with E-state index in [0.29, 0.717) is 12.6 Å². The molecule has 1 aromatic rings. The maximum Gasteiger partial charge on any atom is 0.231 e. The van der Waals surface area contributed by atoms with Gasteiger partial charge in [-0.2, -0.15) is 0 Å². The van der Waals surface area contributed by atoms with Crippen LogP contribution in [0.25, 0.3) is 0 Å². The van der Waals surface area contributed by atoms with Crippen molar-refractivity contribution in [3.63, 3.8) is 0 Å². The number of piperidine rings is 1. The fourth-order valence-electron chi connectivity index (χ4n) is 4.52. The van der Waals surface area contributed by atoms with Crippen molar-refractivity contribution in [3.05, 3.63) is 35.9 Å². The number of aliphatic imine (C=N–C) groups is 1. The molecule has 1 unspecified atom stereocenters. The largest absolute Gasteiger partial charge is 0.381 e. The van der Waals surface area contributed by atoms with Crippen LogP contribution in [0.2, 0.25) is 0 Å². The maximum absolute atomic E-state index is 11.1. The Morgan fingerprint density at radius 1 is 1.25 bits per heavy atom. The highest BCUT2D eigenvalue weighted by atomic mass is 127. The van der Waals surface area contributed by atoms with Crippen molar-refractivity contribution < 1.29 is 9.53 Å². The van der Waals surface area contributed by atoms with Gasteiger partial charge in [-0.1, -0.05) is 30.3 Å². The number of hydrogen-bond donors (Lipinski definition) is 4. The number of nitrogens with two attached hydrogens (primary N) is 1. The van der Waals surface area contributed by atoms with Gasteiger partial charge in [0.05, 0.1) is 6.54 Å². The Morgan fingerprint density at radius 2 is 1.91 bits per heavy atom. The molecule has 1 atom stereocenters. The van der Waals surface area contributed by atoms with Crippen LogP contribution in [-0.4, -0.2) is 74.8 Å². The molecule has 2 aliphatic rings. The molecule has 180 valence electrons. The van der Waals surface area contributed by atoms with E-state index in [1.54, 1.807) is 0 Å². The van der Waals surface area contributed by atoms with Crippen LogP contribution in [0.4, 0.5) is 0 Å². The third-order valence-electron chi connectivity index (χ3n) is 6.40. The Hall–Kier alpha value is -1.43. The predicted octanol–water partition coefficient (Wildman–Crippen LogP) is 1.62. The van der Waals surface area contributed by atoms with E-state index in [-0.39, 0.29) is 41.5 Å². The summed E-state index contributed by atoms with van der Waals surface area (Å²) >= 11 is 0. The number of benzene rings is 1. The third-order valence-corrected chi connectivity index (χ3v) is 6.40. The van der Waals surface area contributed by atoms with Crippen molar-refractivity contribution in [1.82, 2.24) is 20.9 Å². The van der Waals surface area contributed by atoms with Crippen LogP contribution in [-0.2, 0) is 9.53 Å². The van der Waals surface area contributed by atoms with Crippen molar-refractivity contribution in [1.29, 1.82) is 0 Å². The molecular weight excluding hydrogens is 519 g/mol. The van der Waals surface area contributed by atoms with Gasteiger partial charge in [0, 0.05) is 57.5 Å². The molecule has 9 heteroatoms. The molecular formula is C23H39IN6O2. The van der Waals surface area contributed by atoms with Gasteiger partial charge in [0.25, 0.3) is 0 Å². The minimum absolute atomic E-state index is 0. The smallest absolute Gasteiger partial charge is 0.231 e. The molecule has 2 fully saturated rings. The van der Waals surface area contributed by atoms with E-state index < -0.39 is 0 Å². The molecule has 0 spiro atoms. The second kappa shape index (κ2) is 13.3. The molecule has 3 rings (SSSR count). The molecule has 0 saturated carbocycles. The molecule has 1 aromatic carbocycles. The molecule has 1 amide bonds. The van der Waals surface area contributed by atoms with E-state index in [9.17, 15) is 4.79 Å². The lowest BCUT2D eigenvalue weighted by Gasteiger charge is -2.41. The van der Waals surface area contributed by atoms with E-state index >= 15 is 0 Å².